The topological polar surface area (TPSA) is 66.4 Å². The Morgan fingerprint density at radius 3 is 2.19 bits per heavy atom. The number of rotatable bonds is 3. The molecule has 0 aliphatic heterocycles. The van der Waals surface area contributed by atoms with Crippen molar-refractivity contribution in [1.29, 1.82) is 0 Å². The summed E-state index contributed by atoms with van der Waals surface area (Å²) in [6, 6.07) is 2.58. The third-order valence-electron chi connectivity index (χ3n) is 2.71. The normalized spacial score (nSPS) is 12.7. The summed E-state index contributed by atoms with van der Waals surface area (Å²) in [6.45, 7) is 2.48. The maximum atomic E-state index is 12.6. The highest BCUT2D eigenvalue weighted by atomic mass is 35.5. The molecule has 114 valence electrons. The molecule has 1 aromatic carbocycles. The van der Waals surface area contributed by atoms with Gasteiger partial charge in [-0.05, 0) is 32.0 Å². The molecule has 21 heavy (non-hydrogen) atoms. The Bertz CT molecular complexity index is 624. The number of hydrogen-bond donors (Lipinski definition) is 2. The highest BCUT2D eigenvalue weighted by molar-refractivity contribution is 6.31. The number of halogens is 4. The van der Waals surface area contributed by atoms with Gasteiger partial charge in [0.05, 0.1) is 5.56 Å². The number of carboxylic acid groups (broad SMARTS) is 1. The molecule has 1 rings (SSSR count). The lowest BCUT2D eigenvalue weighted by atomic mass is 10.1. The van der Waals surface area contributed by atoms with Gasteiger partial charge in [-0.3, -0.25) is 4.79 Å². The molecule has 8 heteroatoms. The van der Waals surface area contributed by atoms with Gasteiger partial charge in [-0.25, -0.2) is 4.79 Å². The zero-order valence-corrected chi connectivity index (χ0v) is 11.8. The number of carbonyl (C=O) groups excluding carboxylic acids is 1. The van der Waals surface area contributed by atoms with Crippen LogP contribution in [0.1, 0.15) is 19.4 Å². The van der Waals surface area contributed by atoms with Gasteiger partial charge in [0.1, 0.15) is 0 Å². The van der Waals surface area contributed by atoms with Crippen LogP contribution in [0, 0.1) is 0 Å². The number of amides is 1. The SMILES string of the molecule is C/C(C(=O)O)=C(/C)C(=O)Nc1cc(Cl)cc(C(F)(F)F)c1. The van der Waals surface area contributed by atoms with Crippen molar-refractivity contribution in [2.75, 3.05) is 5.32 Å². The molecular formula is C13H11ClF3NO3. The molecule has 2 N–H and O–H groups in total. The highest BCUT2D eigenvalue weighted by Gasteiger charge is 2.31. The lowest BCUT2D eigenvalue weighted by molar-refractivity contribution is -0.137. The fraction of sp³-hybridized carbons (Fsp3) is 0.231. The van der Waals surface area contributed by atoms with Gasteiger partial charge in [0.2, 0.25) is 0 Å². The molecule has 0 heterocycles. The second-order valence-electron chi connectivity index (χ2n) is 4.24. The average Bonchev–Trinajstić information content (AvgIpc) is 2.34. The molecule has 0 aliphatic carbocycles. The van der Waals surface area contributed by atoms with E-state index in [0.717, 1.165) is 12.1 Å². The maximum Gasteiger partial charge on any atom is 0.416 e. The lowest BCUT2D eigenvalue weighted by Crippen LogP contribution is -2.17. The van der Waals surface area contributed by atoms with Crippen molar-refractivity contribution in [3.05, 3.63) is 39.9 Å². The summed E-state index contributed by atoms with van der Waals surface area (Å²) in [5.74, 6) is -2.10. The zero-order valence-electron chi connectivity index (χ0n) is 11.0. The van der Waals surface area contributed by atoms with Crippen LogP contribution in [0.25, 0.3) is 0 Å². The Labute approximate surface area is 123 Å². The molecule has 0 aliphatic rings. The number of carbonyl (C=O) groups is 2. The summed E-state index contributed by atoms with van der Waals surface area (Å²) in [7, 11) is 0. The van der Waals surface area contributed by atoms with E-state index in [1.165, 1.54) is 13.8 Å². The van der Waals surface area contributed by atoms with Crippen LogP contribution in [0.3, 0.4) is 0 Å². The van der Waals surface area contributed by atoms with Crippen LogP contribution in [0.2, 0.25) is 5.02 Å². The van der Waals surface area contributed by atoms with Gasteiger partial charge < -0.3 is 10.4 Å². The smallest absolute Gasteiger partial charge is 0.416 e. The van der Waals surface area contributed by atoms with E-state index < -0.39 is 23.6 Å². The largest absolute Gasteiger partial charge is 0.478 e. The van der Waals surface area contributed by atoms with E-state index in [-0.39, 0.29) is 21.9 Å². The van der Waals surface area contributed by atoms with Gasteiger partial charge in [0.25, 0.3) is 5.91 Å². The maximum absolute atomic E-state index is 12.6. The summed E-state index contributed by atoms with van der Waals surface area (Å²) >= 11 is 5.57. The van der Waals surface area contributed by atoms with Gasteiger partial charge in [0.15, 0.2) is 0 Å². The van der Waals surface area contributed by atoms with Crippen LogP contribution >= 0.6 is 11.6 Å². The van der Waals surface area contributed by atoms with Crippen molar-refractivity contribution in [3.63, 3.8) is 0 Å². The molecule has 1 amide bonds. The van der Waals surface area contributed by atoms with Gasteiger partial charge in [-0.15, -0.1) is 0 Å². The standard InChI is InChI=1S/C13H11ClF3NO3/c1-6(7(2)12(20)21)11(19)18-10-4-8(13(15,16)17)3-9(14)5-10/h3-5H,1-2H3,(H,18,19)(H,20,21)/b7-6+. The van der Waals surface area contributed by atoms with Crippen molar-refractivity contribution in [2.45, 2.75) is 20.0 Å². The lowest BCUT2D eigenvalue weighted by Gasteiger charge is -2.11. The van der Waals surface area contributed by atoms with Crippen LogP contribution in [0.5, 0.6) is 0 Å². The fourth-order valence-corrected chi connectivity index (χ4v) is 1.62. The van der Waals surface area contributed by atoms with Crippen LogP contribution in [0.15, 0.2) is 29.3 Å². The predicted molar refractivity (Wildman–Crippen MR) is 71.1 cm³/mol. The van der Waals surface area contributed by atoms with Crippen LogP contribution < -0.4 is 5.32 Å². The van der Waals surface area contributed by atoms with Gasteiger partial charge in [0, 0.05) is 21.9 Å². The molecule has 0 aromatic heterocycles. The van der Waals surface area contributed by atoms with Crippen LogP contribution in [0.4, 0.5) is 18.9 Å². The molecule has 0 unspecified atom stereocenters. The van der Waals surface area contributed by atoms with Gasteiger partial charge >= 0.3 is 12.1 Å². The summed E-state index contributed by atoms with van der Waals surface area (Å²) in [6.07, 6.45) is -4.60. The Hall–Kier alpha value is -2.02. The number of anilines is 1. The van der Waals surface area contributed by atoms with Gasteiger partial charge in [-0.2, -0.15) is 13.2 Å². The minimum Gasteiger partial charge on any atom is -0.478 e. The zero-order chi connectivity index (χ0) is 16.4. The first kappa shape index (κ1) is 17.0. The van der Waals surface area contributed by atoms with Crippen LogP contribution in [-0.2, 0) is 15.8 Å². The first-order chi connectivity index (χ1) is 9.52. The molecule has 0 bridgehead atoms. The number of carboxylic acids is 1. The Morgan fingerprint density at radius 1 is 1.14 bits per heavy atom. The van der Waals surface area contributed by atoms with E-state index in [0.29, 0.717) is 6.07 Å². The number of aliphatic carboxylic acids is 1. The second-order valence-corrected chi connectivity index (χ2v) is 4.67. The third-order valence-corrected chi connectivity index (χ3v) is 2.93. The first-order valence-corrected chi connectivity index (χ1v) is 6.00. The molecule has 0 radical (unpaired) electrons. The van der Waals surface area contributed by atoms with Crippen LogP contribution in [-0.4, -0.2) is 17.0 Å². The quantitative estimate of drug-likeness (QED) is 0.834. The third kappa shape index (κ3) is 4.49. The summed E-state index contributed by atoms with van der Waals surface area (Å²) in [5.41, 5.74) is -1.50. The predicted octanol–water partition coefficient (Wildman–Crippen LogP) is 3.72. The van der Waals surface area contributed by atoms with E-state index in [1.807, 2.05) is 0 Å². The highest BCUT2D eigenvalue weighted by Crippen LogP contribution is 2.33. The fourth-order valence-electron chi connectivity index (χ4n) is 1.38. The Morgan fingerprint density at radius 2 is 1.71 bits per heavy atom. The molecule has 1 aromatic rings. The number of benzene rings is 1. The van der Waals surface area contributed by atoms with E-state index >= 15 is 0 Å². The Balaban J connectivity index is 3.10. The van der Waals surface area contributed by atoms with E-state index in [9.17, 15) is 22.8 Å². The summed E-state index contributed by atoms with van der Waals surface area (Å²) in [5, 5.41) is 10.7. The minimum absolute atomic E-state index is 0.115. The first-order valence-electron chi connectivity index (χ1n) is 5.62. The molecule has 0 atom stereocenters. The average molecular weight is 322 g/mol. The monoisotopic (exact) mass is 321 g/mol. The van der Waals surface area contributed by atoms with Gasteiger partial charge in [-0.1, -0.05) is 11.6 Å². The second kappa shape index (κ2) is 6.17. The molecular weight excluding hydrogens is 311 g/mol. The van der Waals surface area contributed by atoms with E-state index in [4.69, 9.17) is 16.7 Å². The minimum atomic E-state index is -4.60. The van der Waals surface area contributed by atoms with Crippen molar-refractivity contribution in [3.8, 4) is 0 Å². The number of hydrogen-bond acceptors (Lipinski definition) is 2. The van der Waals surface area contributed by atoms with E-state index in [1.54, 1.807) is 0 Å². The Kier molecular flexibility index (Phi) is 5.01. The summed E-state index contributed by atoms with van der Waals surface area (Å²) in [4.78, 5) is 22.5. The van der Waals surface area contributed by atoms with E-state index in [2.05, 4.69) is 5.32 Å². The number of nitrogens with one attached hydrogen (secondary N) is 1. The van der Waals surface area contributed by atoms with Crippen molar-refractivity contribution < 1.29 is 27.9 Å². The molecule has 0 saturated carbocycles. The van der Waals surface area contributed by atoms with Crippen molar-refractivity contribution in [2.24, 2.45) is 0 Å². The molecule has 0 saturated heterocycles. The number of alkyl halides is 3. The van der Waals surface area contributed by atoms with Crippen molar-refractivity contribution in [1.82, 2.24) is 0 Å². The summed E-state index contributed by atoms with van der Waals surface area (Å²) < 4.78 is 37.9. The molecule has 0 spiro atoms. The molecule has 0 fully saturated rings. The van der Waals surface area contributed by atoms with Crippen molar-refractivity contribution >= 4 is 29.2 Å². The molecule has 4 nitrogen and oxygen atoms in total.